The van der Waals surface area contributed by atoms with Crippen molar-refractivity contribution in [1.29, 1.82) is 0 Å². The molecule has 1 aromatic rings. The first-order chi connectivity index (χ1) is 9.56. The number of alkyl halides is 2. The number of methoxy groups -OCH3 is 1. The van der Waals surface area contributed by atoms with Crippen molar-refractivity contribution >= 4 is 17.3 Å². The average molecular weight is 309 g/mol. The molecule has 1 rings (SSSR count). The first-order valence-electron chi connectivity index (χ1n) is 6.26. The summed E-state index contributed by atoms with van der Waals surface area (Å²) in [5, 5.41) is 3.36. The smallest absolute Gasteiger partial charge is 0.387 e. The van der Waals surface area contributed by atoms with Gasteiger partial charge in [0.1, 0.15) is 5.75 Å². The van der Waals surface area contributed by atoms with Gasteiger partial charge in [0.2, 0.25) is 0 Å². The predicted octanol–water partition coefficient (Wildman–Crippen LogP) is 3.11. The summed E-state index contributed by atoms with van der Waals surface area (Å²) in [7, 11) is 1.61. The lowest BCUT2D eigenvalue weighted by Crippen LogP contribution is -2.25. The highest BCUT2D eigenvalue weighted by molar-refractivity contribution is 6.32. The van der Waals surface area contributed by atoms with Crippen molar-refractivity contribution in [1.82, 2.24) is 0 Å². The number of hydrogen-bond acceptors (Lipinski definition) is 4. The average Bonchev–Trinajstić information content (AvgIpc) is 2.39. The van der Waals surface area contributed by atoms with E-state index in [4.69, 9.17) is 22.1 Å². The number of nitrogens with two attached hydrogens (primary N) is 1. The van der Waals surface area contributed by atoms with E-state index >= 15 is 0 Å². The van der Waals surface area contributed by atoms with E-state index in [-0.39, 0.29) is 16.8 Å². The summed E-state index contributed by atoms with van der Waals surface area (Å²) in [6, 6.07) is 4.67. The Morgan fingerprint density at radius 1 is 1.40 bits per heavy atom. The van der Waals surface area contributed by atoms with Crippen LogP contribution in [0, 0.1) is 0 Å². The van der Waals surface area contributed by atoms with Gasteiger partial charge in [-0.15, -0.1) is 0 Å². The van der Waals surface area contributed by atoms with Gasteiger partial charge in [-0.1, -0.05) is 11.6 Å². The molecule has 1 unspecified atom stereocenters. The molecule has 1 aromatic carbocycles. The number of anilines is 1. The zero-order valence-corrected chi connectivity index (χ0v) is 12.0. The first-order valence-corrected chi connectivity index (χ1v) is 6.64. The molecule has 0 spiro atoms. The second-order valence-corrected chi connectivity index (χ2v) is 4.66. The van der Waals surface area contributed by atoms with Crippen LogP contribution < -0.4 is 15.8 Å². The van der Waals surface area contributed by atoms with Crippen LogP contribution in [-0.2, 0) is 4.74 Å². The number of benzene rings is 1. The van der Waals surface area contributed by atoms with E-state index in [9.17, 15) is 8.78 Å². The molecule has 0 aliphatic carbocycles. The normalized spacial score (nSPS) is 12.5. The molecule has 20 heavy (non-hydrogen) atoms. The molecular formula is C13H19ClF2N2O2. The highest BCUT2D eigenvalue weighted by Crippen LogP contribution is 2.29. The minimum Gasteiger partial charge on any atom is -0.433 e. The summed E-state index contributed by atoms with van der Waals surface area (Å²) in [5.74, 6) is -0.0440. The predicted molar refractivity (Wildman–Crippen MR) is 75.7 cm³/mol. The van der Waals surface area contributed by atoms with E-state index < -0.39 is 6.61 Å². The lowest BCUT2D eigenvalue weighted by molar-refractivity contribution is -0.0497. The molecule has 0 amide bonds. The lowest BCUT2D eigenvalue weighted by atomic mass is 10.1. The second-order valence-electron chi connectivity index (χ2n) is 4.25. The lowest BCUT2D eigenvalue weighted by Gasteiger charge is -2.19. The van der Waals surface area contributed by atoms with Crippen LogP contribution in [0.25, 0.3) is 0 Å². The SMILES string of the molecule is COCC(CCCN)Nc1ccc(OC(F)F)c(Cl)c1. The van der Waals surface area contributed by atoms with Crippen molar-refractivity contribution in [2.24, 2.45) is 5.73 Å². The molecule has 114 valence electrons. The molecule has 0 aliphatic heterocycles. The molecule has 7 heteroatoms. The van der Waals surface area contributed by atoms with Crippen molar-refractivity contribution in [2.45, 2.75) is 25.5 Å². The number of nitrogens with one attached hydrogen (secondary N) is 1. The molecule has 0 bridgehead atoms. The molecule has 0 saturated heterocycles. The van der Waals surface area contributed by atoms with E-state index in [1.165, 1.54) is 6.07 Å². The Kier molecular flexibility index (Phi) is 7.58. The maximum atomic E-state index is 12.1. The van der Waals surface area contributed by atoms with Gasteiger partial charge in [0, 0.05) is 18.8 Å². The largest absolute Gasteiger partial charge is 0.433 e. The summed E-state index contributed by atoms with van der Waals surface area (Å²) in [4.78, 5) is 0. The zero-order chi connectivity index (χ0) is 15.0. The Labute approximate surface area is 122 Å². The van der Waals surface area contributed by atoms with Crippen LogP contribution in [0.15, 0.2) is 18.2 Å². The Morgan fingerprint density at radius 2 is 2.15 bits per heavy atom. The second kappa shape index (κ2) is 8.94. The van der Waals surface area contributed by atoms with Crippen molar-refractivity contribution < 1.29 is 18.3 Å². The molecular weight excluding hydrogens is 290 g/mol. The third-order valence-electron chi connectivity index (χ3n) is 2.64. The number of halogens is 3. The number of hydrogen-bond donors (Lipinski definition) is 2. The minimum atomic E-state index is -2.89. The monoisotopic (exact) mass is 308 g/mol. The third kappa shape index (κ3) is 5.90. The highest BCUT2D eigenvalue weighted by atomic mass is 35.5. The van der Waals surface area contributed by atoms with Crippen molar-refractivity contribution in [3.05, 3.63) is 23.2 Å². The molecule has 0 heterocycles. The van der Waals surface area contributed by atoms with Gasteiger partial charge in [0.25, 0.3) is 0 Å². The van der Waals surface area contributed by atoms with Crippen molar-refractivity contribution in [2.75, 3.05) is 25.6 Å². The maximum absolute atomic E-state index is 12.1. The third-order valence-corrected chi connectivity index (χ3v) is 2.94. The van der Waals surface area contributed by atoms with Crippen molar-refractivity contribution in [3.63, 3.8) is 0 Å². The van der Waals surface area contributed by atoms with E-state index in [0.29, 0.717) is 13.2 Å². The fraction of sp³-hybridized carbons (Fsp3) is 0.538. The van der Waals surface area contributed by atoms with Crippen molar-refractivity contribution in [3.8, 4) is 5.75 Å². The Balaban J connectivity index is 2.68. The Morgan fingerprint density at radius 3 is 2.70 bits per heavy atom. The van der Waals surface area contributed by atoms with Crippen LogP contribution in [-0.4, -0.2) is 32.9 Å². The van der Waals surface area contributed by atoms with E-state index in [2.05, 4.69) is 10.1 Å². The standard InChI is InChI=1S/C13H19ClF2N2O2/c1-19-8-10(3-2-6-17)18-9-4-5-12(11(14)7-9)20-13(15)16/h4-5,7,10,13,18H,2-3,6,8,17H2,1H3. The zero-order valence-electron chi connectivity index (χ0n) is 11.2. The Bertz CT molecular complexity index is 408. The van der Waals surface area contributed by atoms with Gasteiger partial charge in [-0.2, -0.15) is 8.78 Å². The molecule has 0 saturated carbocycles. The van der Waals surface area contributed by atoms with Crippen LogP contribution in [0.1, 0.15) is 12.8 Å². The topological polar surface area (TPSA) is 56.5 Å². The summed E-state index contributed by atoms with van der Waals surface area (Å²) in [6.07, 6.45) is 1.71. The summed E-state index contributed by atoms with van der Waals surface area (Å²) in [5.41, 5.74) is 6.20. The molecule has 0 aliphatic rings. The highest BCUT2D eigenvalue weighted by Gasteiger charge is 2.11. The molecule has 0 aromatic heterocycles. The summed E-state index contributed by atoms with van der Waals surface area (Å²) >= 11 is 5.89. The van der Waals surface area contributed by atoms with Gasteiger partial charge in [0.05, 0.1) is 11.6 Å². The van der Waals surface area contributed by atoms with Gasteiger partial charge in [-0.3, -0.25) is 0 Å². The molecule has 4 nitrogen and oxygen atoms in total. The minimum absolute atomic E-state index is 0.0440. The van der Waals surface area contributed by atoms with Gasteiger partial charge in [0.15, 0.2) is 0 Å². The van der Waals surface area contributed by atoms with E-state index in [1.54, 1.807) is 19.2 Å². The van der Waals surface area contributed by atoms with E-state index in [1.807, 2.05) is 0 Å². The summed E-state index contributed by atoms with van der Waals surface area (Å²) in [6.45, 7) is -1.77. The quantitative estimate of drug-likeness (QED) is 0.736. The van der Waals surface area contributed by atoms with Gasteiger partial charge >= 0.3 is 6.61 Å². The summed E-state index contributed by atoms with van der Waals surface area (Å²) < 4.78 is 33.7. The molecule has 1 atom stereocenters. The molecule has 0 radical (unpaired) electrons. The first kappa shape index (κ1) is 16.9. The number of rotatable bonds is 9. The fourth-order valence-corrected chi connectivity index (χ4v) is 2.01. The van der Waals surface area contributed by atoms with Crippen LogP contribution in [0.2, 0.25) is 5.02 Å². The van der Waals surface area contributed by atoms with Crippen LogP contribution in [0.5, 0.6) is 5.75 Å². The number of ether oxygens (including phenoxy) is 2. The van der Waals surface area contributed by atoms with E-state index in [0.717, 1.165) is 18.5 Å². The van der Waals surface area contributed by atoms with Gasteiger partial charge < -0.3 is 20.5 Å². The van der Waals surface area contributed by atoms with Crippen LogP contribution >= 0.6 is 11.6 Å². The van der Waals surface area contributed by atoms with Crippen LogP contribution in [0.4, 0.5) is 14.5 Å². The molecule has 3 N–H and O–H groups in total. The Hall–Kier alpha value is -1.11. The van der Waals surface area contributed by atoms with Gasteiger partial charge in [-0.05, 0) is 37.6 Å². The molecule has 0 fully saturated rings. The van der Waals surface area contributed by atoms with Gasteiger partial charge in [-0.25, -0.2) is 0 Å². The van der Waals surface area contributed by atoms with Crippen LogP contribution in [0.3, 0.4) is 0 Å². The fourth-order valence-electron chi connectivity index (χ4n) is 1.78. The maximum Gasteiger partial charge on any atom is 0.387 e.